The Morgan fingerprint density at radius 1 is 1.24 bits per heavy atom. The molecular formula is C15H19N3O2S. The van der Waals surface area contributed by atoms with Crippen molar-refractivity contribution in [2.24, 2.45) is 0 Å². The van der Waals surface area contributed by atoms with Crippen LogP contribution in [0.2, 0.25) is 0 Å². The zero-order chi connectivity index (χ0) is 14.7. The average Bonchev–Trinajstić information content (AvgIpc) is 2.48. The number of piperidine rings is 1. The van der Waals surface area contributed by atoms with Crippen LogP contribution in [0.25, 0.3) is 10.9 Å². The molecule has 112 valence electrons. The fraction of sp³-hybridized carbons (Fsp3) is 0.400. The molecule has 1 aliphatic heterocycles. The van der Waals surface area contributed by atoms with Crippen molar-refractivity contribution in [2.45, 2.75) is 25.3 Å². The van der Waals surface area contributed by atoms with Crippen LogP contribution in [0.4, 0.5) is 5.69 Å². The lowest BCUT2D eigenvalue weighted by atomic mass is 10.1. The lowest BCUT2D eigenvalue weighted by molar-refractivity contribution is 0.424. The Kier molecular flexibility index (Phi) is 4.07. The van der Waals surface area contributed by atoms with Gasteiger partial charge in [0.05, 0.1) is 17.0 Å². The number of nitrogens with zero attached hydrogens (tertiary/aromatic N) is 1. The predicted octanol–water partition coefficient (Wildman–Crippen LogP) is 2.12. The van der Waals surface area contributed by atoms with E-state index in [1.807, 2.05) is 24.3 Å². The Hall–Kier alpha value is -1.66. The third kappa shape index (κ3) is 3.51. The van der Waals surface area contributed by atoms with Crippen LogP contribution in [0.1, 0.15) is 19.3 Å². The van der Waals surface area contributed by atoms with E-state index in [-0.39, 0.29) is 11.8 Å². The number of fused-ring (bicyclic) bond motifs is 1. The van der Waals surface area contributed by atoms with Crippen LogP contribution in [0.3, 0.4) is 0 Å². The van der Waals surface area contributed by atoms with Crippen LogP contribution in [0.15, 0.2) is 36.5 Å². The fourth-order valence-corrected chi connectivity index (χ4v) is 4.14. The topological polar surface area (TPSA) is 71.1 Å². The van der Waals surface area contributed by atoms with Gasteiger partial charge in [0.1, 0.15) is 0 Å². The van der Waals surface area contributed by atoms with Crippen molar-refractivity contribution in [2.75, 3.05) is 17.0 Å². The summed E-state index contributed by atoms with van der Waals surface area (Å²) >= 11 is 0. The van der Waals surface area contributed by atoms with E-state index in [0.29, 0.717) is 5.69 Å². The highest BCUT2D eigenvalue weighted by atomic mass is 32.2. The Labute approximate surface area is 124 Å². The molecule has 1 unspecified atom stereocenters. The summed E-state index contributed by atoms with van der Waals surface area (Å²) in [6.07, 6.45) is 4.83. The lowest BCUT2D eigenvalue weighted by Crippen LogP contribution is -2.40. The van der Waals surface area contributed by atoms with Crippen molar-refractivity contribution < 1.29 is 8.42 Å². The molecule has 1 atom stereocenters. The highest BCUT2D eigenvalue weighted by molar-refractivity contribution is 7.92. The molecule has 2 aromatic rings. The molecule has 2 heterocycles. The quantitative estimate of drug-likeness (QED) is 0.907. The van der Waals surface area contributed by atoms with Gasteiger partial charge in [0.15, 0.2) is 0 Å². The van der Waals surface area contributed by atoms with Gasteiger partial charge in [-0.1, -0.05) is 12.5 Å². The van der Waals surface area contributed by atoms with E-state index in [1.54, 1.807) is 12.3 Å². The fourth-order valence-electron chi connectivity index (χ4n) is 2.73. The molecule has 1 aromatic carbocycles. The summed E-state index contributed by atoms with van der Waals surface area (Å²) in [5, 5.41) is 4.09. The molecule has 0 spiro atoms. The number of benzene rings is 1. The van der Waals surface area contributed by atoms with Gasteiger partial charge in [-0.2, -0.15) is 0 Å². The molecule has 2 N–H and O–H groups in total. The molecule has 21 heavy (non-hydrogen) atoms. The van der Waals surface area contributed by atoms with Crippen molar-refractivity contribution in [3.8, 4) is 0 Å². The number of nitrogens with one attached hydrogen (secondary N) is 2. The summed E-state index contributed by atoms with van der Waals surface area (Å²) in [5.74, 6) is 0.115. The van der Waals surface area contributed by atoms with Crippen LogP contribution >= 0.6 is 0 Å². The second kappa shape index (κ2) is 5.99. The van der Waals surface area contributed by atoms with Gasteiger partial charge in [0.25, 0.3) is 0 Å². The zero-order valence-corrected chi connectivity index (χ0v) is 12.6. The Morgan fingerprint density at radius 2 is 2.14 bits per heavy atom. The maximum atomic E-state index is 12.3. The van der Waals surface area contributed by atoms with E-state index in [2.05, 4.69) is 15.0 Å². The van der Waals surface area contributed by atoms with Gasteiger partial charge in [-0.15, -0.1) is 0 Å². The number of rotatable bonds is 4. The first-order chi connectivity index (χ1) is 10.1. The van der Waals surface area contributed by atoms with Gasteiger partial charge in [0, 0.05) is 17.6 Å². The van der Waals surface area contributed by atoms with E-state index in [1.165, 1.54) is 0 Å². The monoisotopic (exact) mass is 305 g/mol. The highest BCUT2D eigenvalue weighted by Crippen LogP contribution is 2.22. The van der Waals surface area contributed by atoms with Crippen molar-refractivity contribution in [3.63, 3.8) is 0 Å². The first-order valence-corrected chi connectivity index (χ1v) is 8.87. The van der Waals surface area contributed by atoms with Gasteiger partial charge in [-0.05, 0) is 43.7 Å². The third-order valence-electron chi connectivity index (χ3n) is 3.74. The molecule has 5 nitrogen and oxygen atoms in total. The molecule has 1 saturated heterocycles. The number of anilines is 1. The summed E-state index contributed by atoms with van der Waals surface area (Å²) < 4.78 is 27.4. The highest BCUT2D eigenvalue weighted by Gasteiger charge is 2.21. The van der Waals surface area contributed by atoms with Crippen molar-refractivity contribution >= 4 is 26.6 Å². The lowest BCUT2D eigenvalue weighted by Gasteiger charge is -2.23. The van der Waals surface area contributed by atoms with Crippen molar-refractivity contribution in [1.82, 2.24) is 10.3 Å². The Morgan fingerprint density at radius 3 is 2.95 bits per heavy atom. The second-order valence-corrected chi connectivity index (χ2v) is 7.17. The van der Waals surface area contributed by atoms with E-state index < -0.39 is 10.0 Å². The van der Waals surface area contributed by atoms with Crippen molar-refractivity contribution in [1.29, 1.82) is 0 Å². The minimum atomic E-state index is -3.37. The van der Waals surface area contributed by atoms with Crippen LogP contribution in [0.5, 0.6) is 0 Å². The third-order valence-corrected chi connectivity index (χ3v) is 5.12. The molecule has 1 aromatic heterocycles. The second-order valence-electron chi connectivity index (χ2n) is 5.41. The SMILES string of the molecule is O=S(=O)(CC1CCCCN1)Nc1cccc2ncccc12. The van der Waals surface area contributed by atoms with Gasteiger partial charge in [-0.3, -0.25) is 9.71 Å². The van der Waals surface area contributed by atoms with E-state index in [4.69, 9.17) is 0 Å². The Balaban J connectivity index is 1.80. The van der Waals surface area contributed by atoms with E-state index in [9.17, 15) is 8.42 Å². The molecular weight excluding hydrogens is 286 g/mol. The van der Waals surface area contributed by atoms with Gasteiger partial charge < -0.3 is 5.32 Å². The first-order valence-electron chi connectivity index (χ1n) is 7.22. The van der Waals surface area contributed by atoms with E-state index in [0.717, 1.165) is 36.7 Å². The Bertz CT molecular complexity index is 719. The number of aromatic nitrogens is 1. The minimum absolute atomic E-state index is 0.0457. The number of hydrogen-bond donors (Lipinski definition) is 2. The molecule has 1 fully saturated rings. The number of hydrogen-bond acceptors (Lipinski definition) is 4. The summed E-state index contributed by atoms with van der Waals surface area (Å²) in [7, 11) is -3.37. The molecule has 1 aliphatic rings. The maximum absolute atomic E-state index is 12.3. The van der Waals surface area contributed by atoms with E-state index >= 15 is 0 Å². The minimum Gasteiger partial charge on any atom is -0.313 e. The summed E-state index contributed by atoms with van der Waals surface area (Å²) in [5.41, 5.74) is 1.38. The summed E-state index contributed by atoms with van der Waals surface area (Å²) in [4.78, 5) is 4.24. The molecule has 0 saturated carbocycles. The van der Waals surface area contributed by atoms with Crippen LogP contribution < -0.4 is 10.0 Å². The van der Waals surface area contributed by atoms with Gasteiger partial charge in [0.2, 0.25) is 10.0 Å². The van der Waals surface area contributed by atoms with Crippen LogP contribution in [-0.2, 0) is 10.0 Å². The largest absolute Gasteiger partial charge is 0.313 e. The van der Waals surface area contributed by atoms with Gasteiger partial charge >= 0.3 is 0 Å². The summed E-state index contributed by atoms with van der Waals surface area (Å²) in [6, 6.07) is 9.18. The van der Waals surface area contributed by atoms with Gasteiger partial charge in [-0.25, -0.2) is 8.42 Å². The molecule has 0 amide bonds. The van der Waals surface area contributed by atoms with Crippen LogP contribution in [0, 0.1) is 0 Å². The molecule has 0 bridgehead atoms. The number of pyridine rings is 1. The van der Waals surface area contributed by atoms with Crippen molar-refractivity contribution in [3.05, 3.63) is 36.5 Å². The standard InChI is InChI=1S/C15H19N3O2S/c19-21(20,11-12-5-1-2-9-16-12)18-15-8-3-7-14-13(15)6-4-10-17-14/h3-4,6-8,10,12,16,18H,1-2,5,9,11H2. The molecule has 0 aliphatic carbocycles. The molecule has 6 heteroatoms. The zero-order valence-electron chi connectivity index (χ0n) is 11.7. The predicted molar refractivity (Wildman–Crippen MR) is 84.8 cm³/mol. The summed E-state index contributed by atoms with van der Waals surface area (Å²) in [6.45, 7) is 0.901. The normalized spacial score (nSPS) is 19.5. The first kappa shape index (κ1) is 14.3. The number of sulfonamides is 1. The van der Waals surface area contributed by atoms with Crippen LogP contribution in [-0.4, -0.2) is 31.7 Å². The smallest absolute Gasteiger partial charge is 0.234 e. The average molecular weight is 305 g/mol. The maximum Gasteiger partial charge on any atom is 0.234 e. The molecule has 3 rings (SSSR count). The molecule has 0 radical (unpaired) electrons.